The molecule has 0 heterocycles. The van der Waals surface area contributed by atoms with Crippen molar-refractivity contribution in [2.75, 3.05) is 5.32 Å². The number of hydrogen-bond acceptors (Lipinski definition) is 2. The highest BCUT2D eigenvalue weighted by Gasteiger charge is 2.23. The molecule has 4 heteroatoms. The van der Waals surface area contributed by atoms with Gasteiger partial charge in [0.15, 0.2) is 0 Å². The zero-order chi connectivity index (χ0) is 16.9. The minimum atomic E-state index is -0.172. The van der Waals surface area contributed by atoms with Crippen LogP contribution in [0.3, 0.4) is 0 Å². The van der Waals surface area contributed by atoms with Gasteiger partial charge < -0.3 is 10.6 Å². The lowest BCUT2D eigenvalue weighted by molar-refractivity contribution is -0.117. The van der Waals surface area contributed by atoms with Crippen molar-refractivity contribution in [1.29, 1.82) is 0 Å². The van der Waals surface area contributed by atoms with Gasteiger partial charge in [-0.2, -0.15) is 0 Å². The van der Waals surface area contributed by atoms with E-state index in [1.807, 2.05) is 19.9 Å². The summed E-state index contributed by atoms with van der Waals surface area (Å²) in [5.74, 6) is 0.0196. The zero-order valence-corrected chi connectivity index (χ0v) is 14.5. The van der Waals surface area contributed by atoms with Crippen LogP contribution in [0, 0.1) is 11.3 Å². The molecule has 0 spiro atoms. The molecule has 0 fully saturated rings. The van der Waals surface area contributed by atoms with Crippen LogP contribution in [0.5, 0.6) is 0 Å². The van der Waals surface area contributed by atoms with E-state index < -0.39 is 0 Å². The first kappa shape index (κ1) is 18.2. The molecule has 0 radical (unpaired) electrons. The standard InChI is InChI=1S/C18H28N2O2/c1-12(2)19-17(22)14-9-7-8-10-15(14)20-16(21)11-13(3)18(4,5)6/h7-10,12-13H,11H2,1-6H3,(H,19,22)(H,20,21). The van der Waals surface area contributed by atoms with Crippen molar-refractivity contribution >= 4 is 17.5 Å². The smallest absolute Gasteiger partial charge is 0.253 e. The van der Waals surface area contributed by atoms with Gasteiger partial charge in [0.1, 0.15) is 0 Å². The summed E-state index contributed by atoms with van der Waals surface area (Å²) >= 11 is 0. The highest BCUT2D eigenvalue weighted by Crippen LogP contribution is 2.28. The molecular weight excluding hydrogens is 276 g/mol. The molecule has 1 aromatic rings. The zero-order valence-electron chi connectivity index (χ0n) is 14.5. The van der Waals surface area contributed by atoms with E-state index >= 15 is 0 Å². The molecule has 0 aliphatic rings. The molecule has 2 N–H and O–H groups in total. The van der Waals surface area contributed by atoms with Crippen molar-refractivity contribution in [1.82, 2.24) is 5.32 Å². The van der Waals surface area contributed by atoms with Crippen LogP contribution in [-0.4, -0.2) is 17.9 Å². The minimum absolute atomic E-state index is 0.0529. The lowest BCUT2D eigenvalue weighted by atomic mass is 9.80. The number of rotatable bonds is 5. The van der Waals surface area contributed by atoms with Gasteiger partial charge in [0.25, 0.3) is 5.91 Å². The van der Waals surface area contributed by atoms with Gasteiger partial charge in [0.05, 0.1) is 11.3 Å². The van der Waals surface area contributed by atoms with Crippen molar-refractivity contribution in [3.05, 3.63) is 29.8 Å². The molecule has 0 saturated carbocycles. The molecule has 0 saturated heterocycles. The third kappa shape index (κ3) is 5.51. The third-order valence-electron chi connectivity index (χ3n) is 3.84. The number of hydrogen-bond donors (Lipinski definition) is 2. The average molecular weight is 304 g/mol. The maximum atomic E-state index is 12.2. The number of benzene rings is 1. The Morgan fingerprint density at radius 1 is 1.09 bits per heavy atom. The monoisotopic (exact) mass is 304 g/mol. The van der Waals surface area contributed by atoms with Gasteiger partial charge in [-0.15, -0.1) is 0 Å². The fourth-order valence-corrected chi connectivity index (χ4v) is 1.92. The second-order valence-corrected chi connectivity index (χ2v) is 7.19. The van der Waals surface area contributed by atoms with Gasteiger partial charge in [-0.1, -0.05) is 39.8 Å². The molecule has 4 nitrogen and oxygen atoms in total. The second kappa shape index (κ2) is 7.43. The summed E-state index contributed by atoms with van der Waals surface area (Å²) in [6.07, 6.45) is 0.434. The van der Waals surface area contributed by atoms with E-state index in [1.165, 1.54) is 0 Å². The summed E-state index contributed by atoms with van der Waals surface area (Å²) in [4.78, 5) is 24.4. The first-order valence-electron chi connectivity index (χ1n) is 7.81. The lowest BCUT2D eigenvalue weighted by Crippen LogP contribution is -2.31. The van der Waals surface area contributed by atoms with Crippen molar-refractivity contribution in [2.24, 2.45) is 11.3 Å². The Morgan fingerprint density at radius 3 is 2.23 bits per heavy atom. The molecule has 0 aliphatic carbocycles. The fraction of sp³-hybridized carbons (Fsp3) is 0.556. The van der Waals surface area contributed by atoms with E-state index in [2.05, 4.69) is 38.3 Å². The topological polar surface area (TPSA) is 58.2 Å². The Morgan fingerprint density at radius 2 is 1.68 bits per heavy atom. The van der Waals surface area contributed by atoms with Gasteiger partial charge in [0.2, 0.25) is 5.91 Å². The molecule has 122 valence electrons. The molecule has 1 aromatic carbocycles. The number of nitrogens with one attached hydrogen (secondary N) is 2. The predicted molar refractivity (Wildman–Crippen MR) is 90.9 cm³/mol. The predicted octanol–water partition coefficient (Wildman–Crippen LogP) is 3.84. The number of anilines is 1. The number of carbonyl (C=O) groups excluding carboxylic acids is 2. The van der Waals surface area contributed by atoms with E-state index in [4.69, 9.17) is 0 Å². The largest absolute Gasteiger partial charge is 0.350 e. The van der Waals surface area contributed by atoms with E-state index in [1.54, 1.807) is 18.2 Å². The van der Waals surface area contributed by atoms with Crippen LogP contribution in [-0.2, 0) is 4.79 Å². The van der Waals surface area contributed by atoms with Gasteiger partial charge >= 0.3 is 0 Å². The van der Waals surface area contributed by atoms with E-state index in [9.17, 15) is 9.59 Å². The van der Waals surface area contributed by atoms with Crippen LogP contribution in [0.15, 0.2) is 24.3 Å². The summed E-state index contributed by atoms with van der Waals surface area (Å²) in [5, 5.41) is 5.72. The van der Waals surface area contributed by atoms with Crippen LogP contribution in [0.2, 0.25) is 0 Å². The Labute approximate surface area is 133 Å². The van der Waals surface area contributed by atoms with Crippen molar-refractivity contribution in [3.8, 4) is 0 Å². The van der Waals surface area contributed by atoms with E-state index in [0.717, 1.165) is 0 Å². The molecule has 1 atom stereocenters. The summed E-state index contributed by atoms with van der Waals surface area (Å²) in [6.45, 7) is 12.2. The number of amides is 2. The van der Waals surface area contributed by atoms with Crippen molar-refractivity contribution < 1.29 is 9.59 Å². The van der Waals surface area contributed by atoms with Crippen LogP contribution >= 0.6 is 0 Å². The average Bonchev–Trinajstić information content (AvgIpc) is 2.37. The Kier molecular flexibility index (Phi) is 6.15. The van der Waals surface area contributed by atoms with Gasteiger partial charge in [-0.25, -0.2) is 0 Å². The van der Waals surface area contributed by atoms with Gasteiger partial charge in [0, 0.05) is 12.5 Å². The molecule has 0 aliphatic heterocycles. The second-order valence-electron chi connectivity index (χ2n) is 7.19. The molecule has 22 heavy (non-hydrogen) atoms. The van der Waals surface area contributed by atoms with Gasteiger partial charge in [-0.3, -0.25) is 9.59 Å². The normalized spacial score (nSPS) is 12.9. The molecule has 0 bridgehead atoms. The summed E-state index contributed by atoms with van der Waals surface area (Å²) < 4.78 is 0. The molecular formula is C18H28N2O2. The van der Waals surface area contributed by atoms with E-state index in [-0.39, 0.29) is 29.2 Å². The highest BCUT2D eigenvalue weighted by atomic mass is 16.2. The van der Waals surface area contributed by atoms with Crippen molar-refractivity contribution in [3.63, 3.8) is 0 Å². The van der Waals surface area contributed by atoms with E-state index in [0.29, 0.717) is 17.7 Å². The molecule has 0 aromatic heterocycles. The number of carbonyl (C=O) groups is 2. The van der Waals surface area contributed by atoms with Crippen LogP contribution < -0.4 is 10.6 Å². The maximum absolute atomic E-state index is 12.2. The first-order chi connectivity index (χ1) is 10.1. The lowest BCUT2D eigenvalue weighted by Gasteiger charge is -2.26. The quantitative estimate of drug-likeness (QED) is 0.868. The van der Waals surface area contributed by atoms with Crippen LogP contribution in [0.4, 0.5) is 5.69 Å². The number of para-hydroxylation sites is 1. The highest BCUT2D eigenvalue weighted by molar-refractivity contribution is 6.03. The van der Waals surface area contributed by atoms with Crippen LogP contribution in [0.25, 0.3) is 0 Å². The molecule has 1 unspecified atom stereocenters. The minimum Gasteiger partial charge on any atom is -0.350 e. The van der Waals surface area contributed by atoms with Crippen molar-refractivity contribution in [2.45, 2.75) is 54.0 Å². The maximum Gasteiger partial charge on any atom is 0.253 e. The SMILES string of the molecule is CC(C)NC(=O)c1ccccc1NC(=O)CC(C)C(C)(C)C. The summed E-state index contributed by atoms with van der Waals surface area (Å²) in [7, 11) is 0. The Balaban J connectivity index is 2.82. The Hall–Kier alpha value is -1.84. The van der Waals surface area contributed by atoms with Crippen LogP contribution in [0.1, 0.15) is 58.3 Å². The molecule has 1 rings (SSSR count). The summed E-state index contributed by atoms with van der Waals surface area (Å²) in [6, 6.07) is 7.14. The molecule has 2 amide bonds. The van der Waals surface area contributed by atoms with Gasteiger partial charge in [-0.05, 0) is 37.3 Å². The summed E-state index contributed by atoms with van der Waals surface area (Å²) in [5.41, 5.74) is 1.13. The third-order valence-corrected chi connectivity index (χ3v) is 3.84. The first-order valence-corrected chi connectivity index (χ1v) is 7.81. The Bertz CT molecular complexity index is 530. The fourth-order valence-electron chi connectivity index (χ4n) is 1.92.